The number of aromatic nitrogens is 2. The second-order valence-corrected chi connectivity index (χ2v) is 6.28. The number of ether oxygens (including phenoxy) is 2. The van der Waals surface area contributed by atoms with Crippen molar-refractivity contribution in [3.05, 3.63) is 48.0 Å². The molecule has 1 aromatic carbocycles. The van der Waals surface area contributed by atoms with Gasteiger partial charge in [-0.2, -0.15) is 0 Å². The molecule has 0 N–H and O–H groups in total. The molecule has 2 aromatic rings. The summed E-state index contributed by atoms with van der Waals surface area (Å²) in [5.41, 5.74) is 0.603. The van der Waals surface area contributed by atoms with E-state index in [1.807, 2.05) is 38.2 Å². The number of imidazole rings is 1. The molecule has 2 heterocycles. The molecule has 3 rings (SSSR count). The van der Waals surface area contributed by atoms with Gasteiger partial charge >= 0.3 is 0 Å². The highest BCUT2D eigenvalue weighted by Gasteiger charge is 2.42. The van der Waals surface area contributed by atoms with Crippen molar-refractivity contribution >= 4 is 5.91 Å². The molecule has 1 fully saturated rings. The maximum absolute atomic E-state index is 12.6. The van der Waals surface area contributed by atoms with Gasteiger partial charge in [-0.3, -0.25) is 4.79 Å². The summed E-state index contributed by atoms with van der Waals surface area (Å²) in [7, 11) is 3.50. The molecule has 1 amide bonds. The molecule has 0 bridgehead atoms. The summed E-state index contributed by atoms with van der Waals surface area (Å²) in [6.45, 7) is 3.57. The first-order valence-electron chi connectivity index (χ1n) is 8.05. The lowest BCUT2D eigenvalue weighted by molar-refractivity contribution is -0.0344. The van der Waals surface area contributed by atoms with E-state index >= 15 is 0 Å². The zero-order valence-corrected chi connectivity index (χ0v) is 14.4. The van der Waals surface area contributed by atoms with Crippen molar-refractivity contribution in [2.24, 2.45) is 7.05 Å². The van der Waals surface area contributed by atoms with Crippen molar-refractivity contribution in [1.29, 1.82) is 0 Å². The standard InChI is InChI=1S/C18H23N3O3/c1-14-6-4-5-7-15(14)24-13-18(23-3)8-10-21(12-18)17(22)16-19-9-11-20(16)2/h4-7,9,11H,8,10,12-13H2,1-3H3/t18-/m1/s1. The van der Waals surface area contributed by atoms with Crippen LogP contribution in [0.15, 0.2) is 36.7 Å². The Kier molecular flexibility index (Phi) is 4.57. The maximum Gasteiger partial charge on any atom is 0.289 e. The molecule has 0 unspecified atom stereocenters. The highest BCUT2D eigenvalue weighted by Crippen LogP contribution is 2.28. The van der Waals surface area contributed by atoms with Crippen molar-refractivity contribution in [3.8, 4) is 5.75 Å². The number of likely N-dealkylation sites (tertiary alicyclic amines) is 1. The zero-order chi connectivity index (χ0) is 17.2. The van der Waals surface area contributed by atoms with E-state index < -0.39 is 5.60 Å². The topological polar surface area (TPSA) is 56.6 Å². The summed E-state index contributed by atoms with van der Waals surface area (Å²) in [6, 6.07) is 7.90. The number of hydrogen-bond acceptors (Lipinski definition) is 4. The van der Waals surface area contributed by atoms with Gasteiger partial charge in [-0.1, -0.05) is 18.2 Å². The predicted octanol–water partition coefficient (Wildman–Crippen LogP) is 2.04. The third kappa shape index (κ3) is 3.14. The molecular weight excluding hydrogens is 306 g/mol. The Bertz CT molecular complexity index is 728. The molecule has 1 saturated heterocycles. The normalized spacial score (nSPS) is 20.4. The fourth-order valence-corrected chi connectivity index (χ4v) is 3.00. The van der Waals surface area contributed by atoms with E-state index in [2.05, 4.69) is 4.98 Å². The Balaban J connectivity index is 1.68. The third-order valence-electron chi connectivity index (χ3n) is 4.63. The molecule has 1 atom stereocenters. The van der Waals surface area contributed by atoms with E-state index in [9.17, 15) is 4.79 Å². The van der Waals surface area contributed by atoms with Crippen LogP contribution in [0.3, 0.4) is 0 Å². The van der Waals surface area contributed by atoms with Gasteiger partial charge in [0.15, 0.2) is 5.82 Å². The number of benzene rings is 1. The molecule has 1 aliphatic heterocycles. The van der Waals surface area contributed by atoms with Crippen molar-refractivity contribution in [3.63, 3.8) is 0 Å². The lowest BCUT2D eigenvalue weighted by atomic mass is 10.0. The van der Waals surface area contributed by atoms with Gasteiger partial charge in [-0.05, 0) is 25.0 Å². The van der Waals surface area contributed by atoms with Gasteiger partial charge in [0.2, 0.25) is 0 Å². The summed E-state index contributed by atoms with van der Waals surface area (Å²) < 4.78 is 13.5. The Morgan fingerprint density at radius 1 is 1.38 bits per heavy atom. The predicted molar refractivity (Wildman–Crippen MR) is 90.1 cm³/mol. The largest absolute Gasteiger partial charge is 0.490 e. The molecule has 1 aromatic heterocycles. The molecule has 6 nitrogen and oxygen atoms in total. The van der Waals surface area contributed by atoms with E-state index in [1.54, 1.807) is 29.0 Å². The number of carbonyl (C=O) groups is 1. The van der Waals surface area contributed by atoms with E-state index in [1.165, 1.54) is 0 Å². The Labute approximate surface area is 142 Å². The van der Waals surface area contributed by atoms with Crippen LogP contribution in [0.25, 0.3) is 0 Å². The van der Waals surface area contributed by atoms with Crippen LogP contribution in [0.4, 0.5) is 0 Å². The fourth-order valence-electron chi connectivity index (χ4n) is 3.00. The lowest BCUT2D eigenvalue weighted by Crippen LogP contribution is -2.42. The number of aryl methyl sites for hydroxylation is 2. The summed E-state index contributed by atoms with van der Waals surface area (Å²) in [5.74, 6) is 1.22. The maximum atomic E-state index is 12.6. The van der Waals surface area contributed by atoms with E-state index in [-0.39, 0.29) is 5.91 Å². The SMILES string of the molecule is CO[C@]1(COc2ccccc2C)CCN(C(=O)c2nccn2C)C1. The third-order valence-corrected chi connectivity index (χ3v) is 4.63. The molecular formula is C18H23N3O3. The summed E-state index contributed by atoms with van der Waals surface area (Å²) in [4.78, 5) is 18.5. The first-order valence-corrected chi connectivity index (χ1v) is 8.05. The van der Waals surface area contributed by atoms with Gasteiger partial charge in [-0.25, -0.2) is 4.98 Å². The zero-order valence-electron chi connectivity index (χ0n) is 14.4. The summed E-state index contributed by atoms with van der Waals surface area (Å²) in [6.07, 6.45) is 4.15. The van der Waals surface area contributed by atoms with Crippen LogP contribution in [-0.2, 0) is 11.8 Å². The van der Waals surface area contributed by atoms with Gasteiger partial charge in [0.05, 0.1) is 6.54 Å². The molecule has 1 aliphatic rings. The average molecular weight is 329 g/mol. The number of rotatable bonds is 5. The van der Waals surface area contributed by atoms with Crippen molar-refractivity contribution in [2.75, 3.05) is 26.8 Å². The second kappa shape index (κ2) is 6.65. The van der Waals surface area contributed by atoms with Crippen LogP contribution in [0.1, 0.15) is 22.6 Å². The van der Waals surface area contributed by atoms with E-state index in [0.29, 0.717) is 25.5 Å². The van der Waals surface area contributed by atoms with Gasteiger partial charge < -0.3 is 18.9 Å². The van der Waals surface area contributed by atoms with Crippen LogP contribution in [-0.4, -0.2) is 52.8 Å². The molecule has 128 valence electrons. The Morgan fingerprint density at radius 2 is 2.17 bits per heavy atom. The Morgan fingerprint density at radius 3 is 2.83 bits per heavy atom. The summed E-state index contributed by atoms with van der Waals surface area (Å²) in [5, 5.41) is 0. The van der Waals surface area contributed by atoms with Gasteiger partial charge in [-0.15, -0.1) is 0 Å². The molecule has 0 aliphatic carbocycles. The van der Waals surface area contributed by atoms with Crippen LogP contribution in [0, 0.1) is 6.92 Å². The van der Waals surface area contributed by atoms with E-state index in [4.69, 9.17) is 9.47 Å². The fraction of sp³-hybridized carbons (Fsp3) is 0.444. The quantitative estimate of drug-likeness (QED) is 0.842. The lowest BCUT2D eigenvalue weighted by Gasteiger charge is -2.28. The summed E-state index contributed by atoms with van der Waals surface area (Å²) >= 11 is 0. The number of nitrogens with zero attached hydrogens (tertiary/aromatic N) is 3. The first-order chi connectivity index (χ1) is 11.5. The minimum absolute atomic E-state index is 0.0719. The minimum Gasteiger partial charge on any atom is -0.490 e. The van der Waals surface area contributed by atoms with Crippen LogP contribution in [0.2, 0.25) is 0 Å². The molecule has 6 heteroatoms. The smallest absolute Gasteiger partial charge is 0.289 e. The number of hydrogen-bond donors (Lipinski definition) is 0. The molecule has 24 heavy (non-hydrogen) atoms. The molecule has 0 saturated carbocycles. The van der Waals surface area contributed by atoms with Crippen LogP contribution in [0.5, 0.6) is 5.75 Å². The monoisotopic (exact) mass is 329 g/mol. The number of amides is 1. The highest BCUT2D eigenvalue weighted by atomic mass is 16.5. The van der Waals surface area contributed by atoms with Gasteiger partial charge in [0.1, 0.15) is 18.0 Å². The van der Waals surface area contributed by atoms with Gasteiger partial charge in [0.25, 0.3) is 5.91 Å². The van der Waals surface area contributed by atoms with Crippen LogP contribution >= 0.6 is 0 Å². The first kappa shape index (κ1) is 16.5. The van der Waals surface area contributed by atoms with Crippen molar-refractivity contribution < 1.29 is 14.3 Å². The average Bonchev–Trinajstić information content (AvgIpc) is 3.21. The number of para-hydroxylation sites is 1. The Hall–Kier alpha value is -2.34. The van der Waals surface area contributed by atoms with E-state index in [0.717, 1.165) is 17.7 Å². The van der Waals surface area contributed by atoms with Crippen molar-refractivity contribution in [2.45, 2.75) is 18.9 Å². The van der Waals surface area contributed by atoms with Crippen LogP contribution < -0.4 is 4.74 Å². The number of carbonyl (C=O) groups excluding carboxylic acids is 1. The molecule has 0 spiro atoms. The van der Waals surface area contributed by atoms with Gasteiger partial charge in [0, 0.05) is 33.1 Å². The second-order valence-electron chi connectivity index (χ2n) is 6.28. The number of methoxy groups -OCH3 is 1. The molecule has 0 radical (unpaired) electrons. The van der Waals surface area contributed by atoms with Crippen molar-refractivity contribution in [1.82, 2.24) is 14.5 Å². The highest BCUT2D eigenvalue weighted by molar-refractivity contribution is 5.91. The minimum atomic E-state index is -0.483.